The van der Waals surface area contributed by atoms with E-state index in [2.05, 4.69) is 77.7 Å². The largest absolute Gasteiger partial charge is 0.493 e. The fourth-order valence-corrected chi connectivity index (χ4v) is 4.65. The minimum atomic E-state index is -0.501. The fourth-order valence-electron chi connectivity index (χ4n) is 4.53. The summed E-state index contributed by atoms with van der Waals surface area (Å²) in [5, 5.41) is 0.733. The van der Waals surface area contributed by atoms with E-state index in [1.165, 1.54) is 16.7 Å². The average molecular weight is 529 g/mol. The van der Waals surface area contributed by atoms with Gasteiger partial charge in [-0.05, 0) is 53.4 Å². The van der Waals surface area contributed by atoms with Crippen LogP contribution >= 0.6 is 11.6 Å². The van der Waals surface area contributed by atoms with Crippen molar-refractivity contribution in [2.75, 3.05) is 26.8 Å². The SMILES string of the molecule is COc1cc(C(N)=O)ccc1OCCCN(Cc1ccc(Cl)cc1)CC(c1ccccc1)c1ccccc1. The molecule has 0 unspecified atom stereocenters. The molecule has 1 amide bonds. The maximum atomic E-state index is 11.5. The first-order valence-corrected chi connectivity index (χ1v) is 13.1. The number of hydrogen-bond donors (Lipinski definition) is 1. The average Bonchev–Trinajstić information content (AvgIpc) is 2.95. The molecule has 6 heteroatoms. The van der Waals surface area contributed by atoms with Crippen LogP contribution < -0.4 is 15.2 Å². The lowest BCUT2D eigenvalue weighted by molar-refractivity contribution is 0.1000. The van der Waals surface area contributed by atoms with E-state index >= 15 is 0 Å². The molecule has 0 fully saturated rings. The van der Waals surface area contributed by atoms with Gasteiger partial charge in [0.25, 0.3) is 0 Å². The smallest absolute Gasteiger partial charge is 0.248 e. The molecule has 0 aliphatic carbocycles. The second-order valence-electron chi connectivity index (χ2n) is 9.17. The molecular weight excluding hydrogens is 496 g/mol. The standard InChI is InChI=1S/C32H33ClN2O3/c1-37-31-21-27(32(34)36)15-18-30(31)38-20-8-19-35(22-24-13-16-28(33)17-14-24)23-29(25-9-4-2-5-10-25)26-11-6-3-7-12-26/h2-7,9-18,21,29H,8,19-20,22-23H2,1H3,(H2,34,36). The lowest BCUT2D eigenvalue weighted by atomic mass is 9.90. The van der Waals surface area contributed by atoms with Crippen molar-refractivity contribution in [3.63, 3.8) is 0 Å². The van der Waals surface area contributed by atoms with Gasteiger partial charge in [-0.25, -0.2) is 0 Å². The molecule has 2 N–H and O–H groups in total. The fraction of sp³-hybridized carbons (Fsp3) is 0.219. The van der Waals surface area contributed by atoms with Crippen LogP contribution in [-0.4, -0.2) is 37.6 Å². The number of ether oxygens (including phenoxy) is 2. The molecule has 0 aromatic heterocycles. The van der Waals surface area contributed by atoms with Crippen molar-refractivity contribution in [1.82, 2.24) is 4.90 Å². The van der Waals surface area contributed by atoms with Gasteiger partial charge in [-0.1, -0.05) is 84.4 Å². The van der Waals surface area contributed by atoms with Gasteiger partial charge < -0.3 is 15.2 Å². The molecular formula is C32H33ClN2O3. The summed E-state index contributed by atoms with van der Waals surface area (Å²) in [6, 6.07) is 34.3. The van der Waals surface area contributed by atoms with E-state index < -0.39 is 5.91 Å². The molecule has 0 heterocycles. The molecule has 0 spiro atoms. The van der Waals surface area contributed by atoms with Crippen molar-refractivity contribution in [2.24, 2.45) is 5.73 Å². The summed E-state index contributed by atoms with van der Waals surface area (Å²) in [6.07, 6.45) is 0.810. The quantitative estimate of drug-likeness (QED) is 0.200. The molecule has 0 saturated carbocycles. The van der Waals surface area contributed by atoms with Gasteiger partial charge in [-0.2, -0.15) is 0 Å². The molecule has 0 atom stereocenters. The first-order valence-electron chi connectivity index (χ1n) is 12.7. The number of rotatable bonds is 13. The summed E-state index contributed by atoms with van der Waals surface area (Å²) in [7, 11) is 1.55. The minimum Gasteiger partial charge on any atom is -0.493 e. The zero-order valence-electron chi connectivity index (χ0n) is 21.6. The Balaban J connectivity index is 1.48. The Labute approximate surface area is 229 Å². The molecule has 0 radical (unpaired) electrons. The van der Waals surface area contributed by atoms with Crippen LogP contribution in [0.1, 0.15) is 39.4 Å². The molecule has 0 bridgehead atoms. The van der Waals surface area contributed by atoms with Gasteiger partial charge in [0.05, 0.1) is 13.7 Å². The van der Waals surface area contributed by atoms with Crippen LogP contribution in [0, 0.1) is 0 Å². The number of carbonyl (C=O) groups is 1. The lowest BCUT2D eigenvalue weighted by Gasteiger charge is -2.28. The van der Waals surface area contributed by atoms with Crippen LogP contribution in [0.3, 0.4) is 0 Å². The minimum absolute atomic E-state index is 0.229. The summed E-state index contributed by atoms with van der Waals surface area (Å²) in [5.74, 6) is 0.812. The number of nitrogens with two attached hydrogens (primary N) is 1. The maximum absolute atomic E-state index is 11.5. The van der Waals surface area contributed by atoms with E-state index in [1.807, 2.05) is 12.1 Å². The van der Waals surface area contributed by atoms with Gasteiger partial charge in [0.1, 0.15) is 0 Å². The Kier molecular flexibility index (Phi) is 9.79. The van der Waals surface area contributed by atoms with Gasteiger partial charge >= 0.3 is 0 Å². The molecule has 38 heavy (non-hydrogen) atoms. The summed E-state index contributed by atoms with van der Waals surface area (Å²) < 4.78 is 11.4. The normalized spacial score (nSPS) is 11.1. The Morgan fingerprint density at radius 2 is 1.50 bits per heavy atom. The number of nitrogens with zero attached hydrogens (tertiary/aromatic N) is 1. The summed E-state index contributed by atoms with van der Waals surface area (Å²) in [5.41, 5.74) is 9.56. The van der Waals surface area contributed by atoms with Gasteiger partial charge in [0, 0.05) is 36.1 Å². The zero-order chi connectivity index (χ0) is 26.7. The molecule has 4 aromatic rings. The highest BCUT2D eigenvalue weighted by molar-refractivity contribution is 6.30. The highest BCUT2D eigenvalue weighted by Crippen LogP contribution is 2.29. The third-order valence-electron chi connectivity index (χ3n) is 6.49. The third-order valence-corrected chi connectivity index (χ3v) is 6.74. The van der Waals surface area contributed by atoms with Crippen molar-refractivity contribution < 1.29 is 14.3 Å². The third kappa shape index (κ3) is 7.60. The monoisotopic (exact) mass is 528 g/mol. The Morgan fingerprint density at radius 1 is 0.868 bits per heavy atom. The Morgan fingerprint density at radius 3 is 2.08 bits per heavy atom. The number of methoxy groups -OCH3 is 1. The van der Waals surface area contributed by atoms with Crippen LogP contribution in [0.4, 0.5) is 0 Å². The van der Waals surface area contributed by atoms with Crippen molar-refractivity contribution >= 4 is 17.5 Å². The predicted octanol–water partition coefficient (Wildman–Crippen LogP) is 6.55. The maximum Gasteiger partial charge on any atom is 0.248 e. The van der Waals surface area contributed by atoms with Crippen molar-refractivity contribution in [1.29, 1.82) is 0 Å². The van der Waals surface area contributed by atoms with E-state index in [0.717, 1.165) is 31.1 Å². The van der Waals surface area contributed by atoms with Crippen LogP contribution in [-0.2, 0) is 6.54 Å². The number of primary amides is 1. The number of amides is 1. The molecule has 0 aliphatic heterocycles. The van der Waals surface area contributed by atoms with Crippen LogP contribution in [0.15, 0.2) is 103 Å². The number of benzene rings is 4. The summed E-state index contributed by atoms with van der Waals surface area (Å²) in [4.78, 5) is 14.0. The molecule has 0 saturated heterocycles. The Hall–Kier alpha value is -3.80. The number of carbonyl (C=O) groups excluding carboxylic acids is 1. The number of hydrogen-bond acceptors (Lipinski definition) is 4. The van der Waals surface area contributed by atoms with E-state index in [1.54, 1.807) is 25.3 Å². The summed E-state index contributed by atoms with van der Waals surface area (Å²) in [6.45, 7) is 2.99. The van der Waals surface area contributed by atoms with Gasteiger partial charge in [0.15, 0.2) is 11.5 Å². The first-order chi connectivity index (χ1) is 18.5. The van der Waals surface area contributed by atoms with Gasteiger partial charge in [-0.15, -0.1) is 0 Å². The number of halogens is 1. The van der Waals surface area contributed by atoms with Crippen molar-refractivity contribution in [2.45, 2.75) is 18.9 Å². The summed E-state index contributed by atoms with van der Waals surface area (Å²) >= 11 is 6.14. The van der Waals surface area contributed by atoms with Crippen LogP contribution in [0.2, 0.25) is 5.02 Å². The highest BCUT2D eigenvalue weighted by atomic mass is 35.5. The van der Waals surface area contributed by atoms with E-state index in [4.69, 9.17) is 26.8 Å². The van der Waals surface area contributed by atoms with Crippen molar-refractivity contribution in [3.05, 3.63) is 130 Å². The van der Waals surface area contributed by atoms with Crippen molar-refractivity contribution in [3.8, 4) is 11.5 Å². The van der Waals surface area contributed by atoms with Crippen LogP contribution in [0.25, 0.3) is 0 Å². The zero-order valence-corrected chi connectivity index (χ0v) is 22.3. The molecule has 4 aromatic carbocycles. The van der Waals surface area contributed by atoms with E-state index in [0.29, 0.717) is 23.7 Å². The van der Waals surface area contributed by atoms with E-state index in [9.17, 15) is 4.79 Å². The second-order valence-corrected chi connectivity index (χ2v) is 9.60. The first kappa shape index (κ1) is 27.2. The molecule has 0 aliphatic rings. The highest BCUT2D eigenvalue weighted by Gasteiger charge is 2.19. The topological polar surface area (TPSA) is 64.8 Å². The molecule has 5 nitrogen and oxygen atoms in total. The predicted molar refractivity (Wildman–Crippen MR) is 153 cm³/mol. The van der Waals surface area contributed by atoms with Gasteiger partial charge in [0.2, 0.25) is 5.91 Å². The molecule has 196 valence electrons. The van der Waals surface area contributed by atoms with E-state index in [-0.39, 0.29) is 5.92 Å². The molecule has 4 rings (SSSR count). The Bertz CT molecular complexity index is 1260. The lowest BCUT2D eigenvalue weighted by Crippen LogP contribution is -2.30. The van der Waals surface area contributed by atoms with Crippen LogP contribution in [0.5, 0.6) is 11.5 Å². The second kappa shape index (κ2) is 13.7. The van der Waals surface area contributed by atoms with Gasteiger partial charge in [-0.3, -0.25) is 9.69 Å².